The van der Waals surface area contributed by atoms with Crippen molar-refractivity contribution in [3.8, 4) is 5.75 Å². The SMILES string of the molecule is Cc1nc(COc2ccc(CN(C)CCO)cc2)no1. The van der Waals surface area contributed by atoms with Gasteiger partial charge in [-0.15, -0.1) is 0 Å². The number of ether oxygens (including phenoxy) is 1. The van der Waals surface area contributed by atoms with Crippen LogP contribution >= 0.6 is 0 Å². The minimum absolute atomic E-state index is 0.168. The highest BCUT2D eigenvalue weighted by atomic mass is 16.5. The number of hydrogen-bond donors (Lipinski definition) is 1. The van der Waals surface area contributed by atoms with E-state index in [0.717, 1.165) is 12.3 Å². The molecule has 0 saturated carbocycles. The minimum Gasteiger partial charge on any atom is -0.485 e. The fraction of sp³-hybridized carbons (Fsp3) is 0.429. The van der Waals surface area contributed by atoms with Crippen molar-refractivity contribution in [2.24, 2.45) is 0 Å². The Hall–Kier alpha value is -1.92. The van der Waals surface area contributed by atoms with Gasteiger partial charge in [-0.2, -0.15) is 4.98 Å². The number of aliphatic hydroxyl groups excluding tert-OH is 1. The van der Waals surface area contributed by atoms with Gasteiger partial charge < -0.3 is 14.4 Å². The van der Waals surface area contributed by atoms with E-state index < -0.39 is 0 Å². The molecule has 0 aliphatic rings. The Kier molecular flexibility index (Phi) is 5.09. The molecule has 1 N–H and O–H groups in total. The second kappa shape index (κ2) is 7.02. The molecule has 6 heteroatoms. The second-order valence-electron chi connectivity index (χ2n) is 4.62. The number of aryl methyl sites for hydroxylation is 1. The molecule has 0 radical (unpaired) electrons. The molecule has 1 aromatic carbocycles. The highest BCUT2D eigenvalue weighted by molar-refractivity contribution is 5.27. The predicted molar refractivity (Wildman–Crippen MR) is 73.2 cm³/mol. The molecule has 0 spiro atoms. The lowest BCUT2D eigenvalue weighted by atomic mass is 10.2. The van der Waals surface area contributed by atoms with Gasteiger partial charge in [-0.25, -0.2) is 0 Å². The Balaban J connectivity index is 1.85. The van der Waals surface area contributed by atoms with E-state index in [4.69, 9.17) is 14.4 Å². The maximum absolute atomic E-state index is 8.86. The minimum atomic E-state index is 0.168. The fourth-order valence-electron chi connectivity index (χ4n) is 1.80. The van der Waals surface area contributed by atoms with Crippen LogP contribution in [0.4, 0.5) is 0 Å². The van der Waals surface area contributed by atoms with E-state index in [9.17, 15) is 0 Å². The zero-order valence-electron chi connectivity index (χ0n) is 11.7. The summed E-state index contributed by atoms with van der Waals surface area (Å²) in [7, 11) is 1.97. The first kappa shape index (κ1) is 14.5. The molecule has 1 aromatic heterocycles. The highest BCUT2D eigenvalue weighted by Crippen LogP contribution is 2.14. The van der Waals surface area contributed by atoms with Crippen LogP contribution in [0.25, 0.3) is 0 Å². The first-order valence-electron chi connectivity index (χ1n) is 6.47. The van der Waals surface area contributed by atoms with Gasteiger partial charge >= 0.3 is 0 Å². The monoisotopic (exact) mass is 277 g/mol. The van der Waals surface area contributed by atoms with E-state index >= 15 is 0 Å². The lowest BCUT2D eigenvalue weighted by Gasteiger charge is -2.15. The van der Waals surface area contributed by atoms with Crippen molar-refractivity contribution in [3.63, 3.8) is 0 Å². The molecule has 0 fully saturated rings. The highest BCUT2D eigenvalue weighted by Gasteiger charge is 2.04. The normalized spacial score (nSPS) is 11.0. The molecule has 0 amide bonds. The number of benzene rings is 1. The Morgan fingerprint density at radius 2 is 2.05 bits per heavy atom. The molecular weight excluding hydrogens is 258 g/mol. The molecule has 6 nitrogen and oxygen atoms in total. The third kappa shape index (κ3) is 4.32. The first-order valence-corrected chi connectivity index (χ1v) is 6.47. The van der Waals surface area contributed by atoms with E-state index in [0.29, 0.717) is 24.9 Å². The van der Waals surface area contributed by atoms with Crippen molar-refractivity contribution in [1.29, 1.82) is 0 Å². The molecule has 0 saturated heterocycles. The van der Waals surface area contributed by atoms with Gasteiger partial charge in [0, 0.05) is 20.0 Å². The average molecular weight is 277 g/mol. The predicted octanol–water partition coefficient (Wildman–Crippen LogP) is 1.38. The van der Waals surface area contributed by atoms with Crippen molar-refractivity contribution in [2.45, 2.75) is 20.1 Å². The average Bonchev–Trinajstić information content (AvgIpc) is 2.84. The van der Waals surface area contributed by atoms with Gasteiger partial charge in [0.15, 0.2) is 6.61 Å². The molecular formula is C14H19N3O3. The van der Waals surface area contributed by atoms with Crippen LogP contribution in [0, 0.1) is 6.92 Å². The van der Waals surface area contributed by atoms with Crippen LogP contribution in [0.1, 0.15) is 17.3 Å². The third-order valence-corrected chi connectivity index (χ3v) is 2.80. The molecule has 0 atom stereocenters. The van der Waals surface area contributed by atoms with Crippen LogP contribution in [-0.4, -0.2) is 40.3 Å². The van der Waals surface area contributed by atoms with Crippen LogP contribution in [0.2, 0.25) is 0 Å². The lowest BCUT2D eigenvalue weighted by Crippen LogP contribution is -2.21. The zero-order valence-corrected chi connectivity index (χ0v) is 11.7. The largest absolute Gasteiger partial charge is 0.485 e. The van der Waals surface area contributed by atoms with Crippen LogP contribution in [-0.2, 0) is 13.2 Å². The smallest absolute Gasteiger partial charge is 0.223 e. The van der Waals surface area contributed by atoms with E-state index in [-0.39, 0.29) is 6.61 Å². The zero-order chi connectivity index (χ0) is 14.4. The summed E-state index contributed by atoms with van der Waals surface area (Å²) in [6.07, 6.45) is 0. The Morgan fingerprint density at radius 3 is 2.65 bits per heavy atom. The number of likely N-dealkylation sites (N-methyl/N-ethyl adjacent to an activating group) is 1. The van der Waals surface area contributed by atoms with Crippen molar-refractivity contribution >= 4 is 0 Å². The van der Waals surface area contributed by atoms with Crippen molar-refractivity contribution in [1.82, 2.24) is 15.0 Å². The molecule has 0 aliphatic carbocycles. The van der Waals surface area contributed by atoms with Gasteiger partial charge in [0.2, 0.25) is 11.7 Å². The standard InChI is InChI=1S/C14H19N3O3/c1-11-15-14(16-20-11)10-19-13-5-3-12(4-6-13)9-17(2)7-8-18/h3-6,18H,7-10H2,1-2H3. The maximum atomic E-state index is 8.86. The van der Waals surface area contributed by atoms with Gasteiger partial charge in [0.1, 0.15) is 5.75 Å². The summed E-state index contributed by atoms with van der Waals surface area (Å²) in [5.74, 6) is 1.83. The van der Waals surface area contributed by atoms with Gasteiger partial charge in [0.05, 0.1) is 6.61 Å². The summed E-state index contributed by atoms with van der Waals surface area (Å²) < 4.78 is 10.4. The molecule has 0 aliphatic heterocycles. The van der Waals surface area contributed by atoms with Crippen molar-refractivity contribution < 1.29 is 14.4 Å². The number of aliphatic hydroxyl groups is 1. The van der Waals surface area contributed by atoms with Gasteiger partial charge in [-0.1, -0.05) is 17.3 Å². The molecule has 2 aromatic rings. The lowest BCUT2D eigenvalue weighted by molar-refractivity contribution is 0.217. The van der Waals surface area contributed by atoms with E-state index in [2.05, 4.69) is 15.0 Å². The molecule has 1 heterocycles. The Morgan fingerprint density at radius 1 is 1.30 bits per heavy atom. The summed E-state index contributed by atoms with van der Waals surface area (Å²) in [5.41, 5.74) is 1.17. The molecule has 20 heavy (non-hydrogen) atoms. The van der Waals surface area contributed by atoms with Crippen LogP contribution in [0.5, 0.6) is 5.75 Å². The number of hydrogen-bond acceptors (Lipinski definition) is 6. The van der Waals surface area contributed by atoms with Crippen LogP contribution in [0.15, 0.2) is 28.8 Å². The van der Waals surface area contributed by atoms with Gasteiger partial charge in [0.25, 0.3) is 0 Å². The topological polar surface area (TPSA) is 71.6 Å². The fourth-order valence-corrected chi connectivity index (χ4v) is 1.80. The number of aromatic nitrogens is 2. The molecule has 0 bridgehead atoms. The van der Waals surface area contributed by atoms with E-state index in [1.54, 1.807) is 6.92 Å². The quantitative estimate of drug-likeness (QED) is 0.824. The number of nitrogens with zero attached hydrogens (tertiary/aromatic N) is 3. The summed E-state index contributed by atoms with van der Waals surface area (Å²) in [6, 6.07) is 7.83. The Labute approximate surface area is 118 Å². The van der Waals surface area contributed by atoms with Crippen LogP contribution in [0.3, 0.4) is 0 Å². The van der Waals surface area contributed by atoms with Crippen molar-refractivity contribution in [3.05, 3.63) is 41.5 Å². The third-order valence-electron chi connectivity index (χ3n) is 2.80. The molecule has 0 unspecified atom stereocenters. The van der Waals surface area contributed by atoms with Crippen LogP contribution < -0.4 is 4.74 Å². The van der Waals surface area contributed by atoms with Gasteiger partial charge in [-0.3, -0.25) is 4.90 Å². The van der Waals surface area contributed by atoms with E-state index in [1.807, 2.05) is 31.3 Å². The molecule has 2 rings (SSSR count). The maximum Gasteiger partial charge on any atom is 0.223 e. The van der Waals surface area contributed by atoms with E-state index in [1.165, 1.54) is 5.56 Å². The van der Waals surface area contributed by atoms with Gasteiger partial charge in [-0.05, 0) is 24.7 Å². The number of rotatable bonds is 7. The summed E-state index contributed by atoms with van der Waals surface area (Å²) >= 11 is 0. The second-order valence-corrected chi connectivity index (χ2v) is 4.62. The molecule has 108 valence electrons. The summed E-state index contributed by atoms with van der Waals surface area (Å²) in [4.78, 5) is 6.12. The first-order chi connectivity index (χ1) is 9.67. The summed E-state index contributed by atoms with van der Waals surface area (Å²) in [6.45, 7) is 3.66. The summed E-state index contributed by atoms with van der Waals surface area (Å²) in [5, 5.41) is 12.6. The Bertz CT molecular complexity index is 525. The van der Waals surface area contributed by atoms with Crippen molar-refractivity contribution in [2.75, 3.05) is 20.2 Å².